The van der Waals surface area contributed by atoms with Crippen LogP contribution in [0.5, 0.6) is 0 Å². The first-order valence-corrected chi connectivity index (χ1v) is 7.70. The predicted octanol–water partition coefficient (Wildman–Crippen LogP) is 1.33. The molecule has 0 fully saturated rings. The highest BCUT2D eigenvalue weighted by Gasteiger charge is 2.13. The summed E-state index contributed by atoms with van der Waals surface area (Å²) in [7, 11) is -1.25. The second kappa shape index (κ2) is 5.67. The van der Waals surface area contributed by atoms with Crippen LogP contribution in [0.1, 0.15) is 18.5 Å². The Hall–Kier alpha value is -1.14. The molecule has 1 rings (SSSR count). The van der Waals surface area contributed by atoms with Gasteiger partial charge >= 0.3 is 0 Å². The zero-order valence-corrected chi connectivity index (χ0v) is 11.7. The monoisotopic (exact) mass is 274 g/mol. The van der Waals surface area contributed by atoms with Gasteiger partial charge in [0.05, 0.1) is 5.75 Å². The summed E-state index contributed by atoms with van der Waals surface area (Å²) in [5, 5.41) is 0. The van der Waals surface area contributed by atoms with Crippen molar-refractivity contribution < 1.29 is 12.8 Å². The van der Waals surface area contributed by atoms with Crippen LogP contribution in [0.4, 0.5) is 10.1 Å². The van der Waals surface area contributed by atoms with Crippen LogP contribution in [-0.2, 0) is 9.84 Å². The zero-order valence-electron chi connectivity index (χ0n) is 10.9. The van der Waals surface area contributed by atoms with Crippen LogP contribution in [-0.4, -0.2) is 34.0 Å². The van der Waals surface area contributed by atoms with E-state index < -0.39 is 9.84 Å². The molecule has 0 heterocycles. The molecular formula is C12H19FN2O2S. The maximum absolute atomic E-state index is 13.2. The standard InChI is InChI=1S/C12H19FN2O2S/c1-9(14)11-8-10(13)4-5-12(11)15(2)6-7-18(3,16)17/h4-5,8-9H,6-7,14H2,1-3H3. The van der Waals surface area contributed by atoms with Crippen molar-refractivity contribution in [1.82, 2.24) is 0 Å². The van der Waals surface area contributed by atoms with Gasteiger partial charge in [0.2, 0.25) is 0 Å². The molecule has 1 unspecified atom stereocenters. The summed E-state index contributed by atoms with van der Waals surface area (Å²) in [6.07, 6.45) is 1.19. The number of anilines is 1. The predicted molar refractivity (Wildman–Crippen MR) is 72.0 cm³/mol. The molecule has 0 saturated carbocycles. The van der Waals surface area contributed by atoms with Crippen LogP contribution >= 0.6 is 0 Å². The fraction of sp³-hybridized carbons (Fsp3) is 0.500. The normalized spacial score (nSPS) is 13.4. The molecule has 18 heavy (non-hydrogen) atoms. The van der Waals surface area contributed by atoms with Crippen molar-refractivity contribution in [1.29, 1.82) is 0 Å². The van der Waals surface area contributed by atoms with Gasteiger partial charge in [0.1, 0.15) is 15.7 Å². The molecule has 1 atom stereocenters. The smallest absolute Gasteiger partial charge is 0.149 e. The van der Waals surface area contributed by atoms with E-state index in [-0.39, 0.29) is 17.6 Å². The first kappa shape index (κ1) is 14.9. The SMILES string of the molecule is CC(N)c1cc(F)ccc1N(C)CCS(C)(=O)=O. The third-order valence-corrected chi connectivity index (χ3v) is 3.61. The van der Waals surface area contributed by atoms with Crippen molar-refractivity contribution in [3.05, 3.63) is 29.6 Å². The fourth-order valence-electron chi connectivity index (χ4n) is 1.66. The minimum absolute atomic E-state index is 0.0548. The Bertz CT molecular complexity index is 515. The number of nitrogens with two attached hydrogens (primary N) is 1. The third kappa shape index (κ3) is 4.27. The van der Waals surface area contributed by atoms with E-state index in [2.05, 4.69) is 0 Å². The molecule has 0 radical (unpaired) electrons. The molecule has 0 spiro atoms. The summed E-state index contributed by atoms with van der Waals surface area (Å²) in [5.41, 5.74) is 7.22. The van der Waals surface area contributed by atoms with Gasteiger partial charge in [-0.25, -0.2) is 12.8 Å². The molecule has 0 aliphatic carbocycles. The van der Waals surface area contributed by atoms with E-state index in [0.29, 0.717) is 12.1 Å². The van der Waals surface area contributed by atoms with Crippen molar-refractivity contribution in [2.24, 2.45) is 5.73 Å². The van der Waals surface area contributed by atoms with E-state index >= 15 is 0 Å². The fourth-order valence-corrected chi connectivity index (χ4v) is 2.27. The maximum Gasteiger partial charge on any atom is 0.149 e. The number of benzene rings is 1. The lowest BCUT2D eigenvalue weighted by molar-refractivity contribution is 0.600. The molecule has 102 valence electrons. The average Bonchev–Trinajstić information content (AvgIpc) is 2.24. The molecule has 0 saturated heterocycles. The Kier molecular flexibility index (Phi) is 4.70. The lowest BCUT2D eigenvalue weighted by Gasteiger charge is -2.23. The first-order chi connectivity index (χ1) is 8.20. The van der Waals surface area contributed by atoms with Gasteiger partial charge in [-0.05, 0) is 30.7 Å². The van der Waals surface area contributed by atoms with Gasteiger partial charge in [0, 0.05) is 31.6 Å². The summed E-state index contributed by atoms with van der Waals surface area (Å²) in [6.45, 7) is 2.12. The summed E-state index contributed by atoms with van der Waals surface area (Å²) < 4.78 is 35.4. The molecule has 6 heteroatoms. The van der Waals surface area contributed by atoms with E-state index in [1.54, 1.807) is 24.9 Å². The van der Waals surface area contributed by atoms with E-state index in [9.17, 15) is 12.8 Å². The highest BCUT2D eigenvalue weighted by atomic mass is 32.2. The number of sulfone groups is 1. The third-order valence-electron chi connectivity index (χ3n) is 2.69. The van der Waals surface area contributed by atoms with Gasteiger partial charge in [0.15, 0.2) is 0 Å². The van der Waals surface area contributed by atoms with Gasteiger partial charge in [-0.3, -0.25) is 0 Å². The molecule has 0 bridgehead atoms. The van der Waals surface area contributed by atoms with Crippen LogP contribution in [0.3, 0.4) is 0 Å². The molecule has 1 aromatic carbocycles. The molecule has 1 aromatic rings. The molecule has 2 N–H and O–H groups in total. The average molecular weight is 274 g/mol. The molecule has 4 nitrogen and oxygen atoms in total. The number of rotatable bonds is 5. The Balaban J connectivity index is 2.95. The number of hydrogen-bond donors (Lipinski definition) is 1. The molecule has 0 aromatic heterocycles. The van der Waals surface area contributed by atoms with E-state index in [1.165, 1.54) is 18.4 Å². The van der Waals surface area contributed by atoms with E-state index in [1.807, 2.05) is 0 Å². The summed E-state index contributed by atoms with van der Waals surface area (Å²) >= 11 is 0. The zero-order chi connectivity index (χ0) is 13.9. The molecule has 0 amide bonds. The van der Waals surface area contributed by atoms with Crippen LogP contribution < -0.4 is 10.6 Å². The summed E-state index contributed by atoms with van der Waals surface area (Å²) in [6, 6.07) is 4.04. The number of hydrogen-bond acceptors (Lipinski definition) is 4. The Labute approximate surface area is 108 Å². The topological polar surface area (TPSA) is 63.4 Å². The van der Waals surface area contributed by atoms with Crippen molar-refractivity contribution in [3.8, 4) is 0 Å². The van der Waals surface area contributed by atoms with Gasteiger partial charge in [-0.1, -0.05) is 0 Å². The number of halogens is 1. The van der Waals surface area contributed by atoms with Crippen LogP contribution in [0, 0.1) is 5.82 Å². The summed E-state index contributed by atoms with van der Waals surface area (Å²) in [5.74, 6) is -0.290. The van der Waals surface area contributed by atoms with Crippen LogP contribution in [0.15, 0.2) is 18.2 Å². The van der Waals surface area contributed by atoms with Crippen LogP contribution in [0.2, 0.25) is 0 Å². The number of nitrogens with zero attached hydrogens (tertiary/aromatic N) is 1. The minimum Gasteiger partial charge on any atom is -0.373 e. The Morgan fingerprint density at radius 3 is 2.56 bits per heavy atom. The maximum atomic E-state index is 13.2. The Morgan fingerprint density at radius 1 is 1.44 bits per heavy atom. The van der Waals surface area contributed by atoms with Crippen molar-refractivity contribution in [3.63, 3.8) is 0 Å². The lowest BCUT2D eigenvalue weighted by atomic mass is 10.1. The second-order valence-corrected chi connectivity index (χ2v) is 6.80. The molecule has 0 aliphatic rings. The van der Waals surface area contributed by atoms with Gasteiger partial charge in [0.25, 0.3) is 0 Å². The Morgan fingerprint density at radius 2 is 2.06 bits per heavy atom. The van der Waals surface area contributed by atoms with E-state index in [4.69, 9.17) is 5.73 Å². The van der Waals surface area contributed by atoms with E-state index in [0.717, 1.165) is 5.69 Å². The summed E-state index contributed by atoms with van der Waals surface area (Å²) in [4.78, 5) is 1.78. The van der Waals surface area contributed by atoms with Crippen molar-refractivity contribution >= 4 is 15.5 Å². The van der Waals surface area contributed by atoms with Crippen molar-refractivity contribution in [2.75, 3.05) is 30.5 Å². The van der Waals surface area contributed by atoms with Gasteiger partial charge in [-0.2, -0.15) is 0 Å². The van der Waals surface area contributed by atoms with Crippen LogP contribution in [0.25, 0.3) is 0 Å². The highest BCUT2D eigenvalue weighted by Crippen LogP contribution is 2.25. The molecular weight excluding hydrogens is 255 g/mol. The highest BCUT2D eigenvalue weighted by molar-refractivity contribution is 7.90. The van der Waals surface area contributed by atoms with Crippen molar-refractivity contribution in [2.45, 2.75) is 13.0 Å². The largest absolute Gasteiger partial charge is 0.373 e. The first-order valence-electron chi connectivity index (χ1n) is 5.64. The van der Waals surface area contributed by atoms with Gasteiger partial charge < -0.3 is 10.6 Å². The van der Waals surface area contributed by atoms with Gasteiger partial charge in [-0.15, -0.1) is 0 Å². The quantitative estimate of drug-likeness (QED) is 0.879. The second-order valence-electron chi connectivity index (χ2n) is 4.54. The molecule has 0 aliphatic heterocycles. The lowest BCUT2D eigenvalue weighted by Crippen LogP contribution is -2.26. The minimum atomic E-state index is -3.02.